The van der Waals surface area contributed by atoms with Crippen molar-refractivity contribution in [2.75, 3.05) is 0 Å². The lowest BCUT2D eigenvalue weighted by molar-refractivity contribution is 1.46. The van der Waals surface area contributed by atoms with E-state index < -0.39 is 8.07 Å². The van der Waals surface area contributed by atoms with Gasteiger partial charge in [-0.1, -0.05) is 55.1 Å². The second-order valence-corrected chi connectivity index (χ2v) is 10.00. The van der Waals surface area contributed by atoms with Crippen LogP contribution in [0.3, 0.4) is 0 Å². The fraction of sp³-hybridized carbons (Fsp3) is 0.250. The first-order valence-corrected chi connectivity index (χ1v) is 9.23. The summed E-state index contributed by atoms with van der Waals surface area (Å²) in [5, 5.41) is 3.21. The summed E-state index contributed by atoms with van der Waals surface area (Å²) < 4.78 is 0. The molecule has 1 aliphatic heterocycles. The first-order chi connectivity index (χ1) is 8.01. The van der Waals surface area contributed by atoms with Gasteiger partial charge < -0.3 is 0 Å². The van der Waals surface area contributed by atoms with Crippen LogP contribution < -0.4 is 10.4 Å². The zero-order valence-corrected chi connectivity index (χ0v) is 12.0. The number of hydrogen-bond donors (Lipinski definition) is 0. The fourth-order valence-electron chi connectivity index (χ4n) is 3.10. The minimum atomic E-state index is -1.44. The molecule has 0 fully saturated rings. The normalized spacial score (nSPS) is 15.5. The van der Waals surface area contributed by atoms with Crippen molar-refractivity contribution < 1.29 is 0 Å². The highest BCUT2D eigenvalue weighted by Crippen LogP contribution is 2.31. The number of benzene rings is 2. The molecule has 1 heterocycles. The molecule has 0 aliphatic carbocycles. The van der Waals surface area contributed by atoms with Gasteiger partial charge in [-0.05, 0) is 40.9 Å². The minimum Gasteiger partial charge on any atom is -0.0621 e. The van der Waals surface area contributed by atoms with Gasteiger partial charge in [0.15, 0.2) is 0 Å². The summed E-state index contributed by atoms with van der Waals surface area (Å²) >= 11 is 0. The van der Waals surface area contributed by atoms with Gasteiger partial charge >= 0.3 is 0 Å². The Balaban J connectivity index is 2.44. The molecule has 0 saturated carbocycles. The summed E-state index contributed by atoms with van der Waals surface area (Å²) in [6, 6.07) is 13.8. The van der Waals surface area contributed by atoms with Gasteiger partial charge in [-0.25, -0.2) is 0 Å². The van der Waals surface area contributed by atoms with Crippen molar-refractivity contribution in [1.82, 2.24) is 0 Å². The third-order valence-corrected chi connectivity index (χ3v) is 7.61. The van der Waals surface area contributed by atoms with Crippen LogP contribution in [-0.4, -0.2) is 8.07 Å². The van der Waals surface area contributed by atoms with E-state index >= 15 is 0 Å². The van der Waals surface area contributed by atoms with E-state index in [4.69, 9.17) is 0 Å². The Hall–Kier alpha value is -1.34. The fourth-order valence-corrected chi connectivity index (χ4v) is 6.23. The van der Waals surface area contributed by atoms with E-state index in [0.29, 0.717) is 0 Å². The summed E-state index contributed by atoms with van der Waals surface area (Å²) in [4.78, 5) is 0. The van der Waals surface area contributed by atoms with E-state index in [1.165, 1.54) is 22.3 Å². The lowest BCUT2D eigenvalue weighted by atomic mass is 9.99. The molecule has 3 rings (SSSR count). The Kier molecular flexibility index (Phi) is 2.11. The molecule has 0 amide bonds. The van der Waals surface area contributed by atoms with Crippen molar-refractivity contribution in [2.24, 2.45) is 0 Å². The lowest BCUT2D eigenvalue weighted by Gasteiger charge is -2.18. The van der Waals surface area contributed by atoms with Crippen molar-refractivity contribution >= 4 is 18.4 Å². The van der Waals surface area contributed by atoms with E-state index in [1.54, 1.807) is 10.4 Å². The van der Waals surface area contributed by atoms with Gasteiger partial charge in [-0.15, -0.1) is 0 Å². The maximum atomic E-state index is 2.46. The van der Waals surface area contributed by atoms with Gasteiger partial charge in [0.05, 0.1) is 0 Å². The van der Waals surface area contributed by atoms with E-state index in [2.05, 4.69) is 63.3 Å². The number of rotatable bonds is 0. The molecule has 2 aromatic rings. The van der Waals surface area contributed by atoms with Crippen LogP contribution in [-0.2, 0) is 0 Å². The van der Waals surface area contributed by atoms with E-state index in [9.17, 15) is 0 Å². The monoisotopic (exact) mass is 238 g/mol. The SMILES string of the molecule is Cc1ccc2c(c1)-c1c(C)cccc1[Si]2(C)C. The van der Waals surface area contributed by atoms with E-state index in [1.807, 2.05) is 0 Å². The average molecular weight is 238 g/mol. The molecule has 0 atom stereocenters. The maximum absolute atomic E-state index is 2.46. The molecule has 1 heteroatoms. The molecule has 2 aromatic carbocycles. The quantitative estimate of drug-likeness (QED) is 0.619. The highest BCUT2D eigenvalue weighted by molar-refractivity contribution is 7.03. The van der Waals surface area contributed by atoms with E-state index in [0.717, 1.165) is 0 Å². The predicted molar refractivity (Wildman–Crippen MR) is 78.1 cm³/mol. The summed E-state index contributed by atoms with van der Waals surface area (Å²) in [5.41, 5.74) is 5.80. The average Bonchev–Trinajstić information content (AvgIpc) is 2.49. The first-order valence-electron chi connectivity index (χ1n) is 6.23. The van der Waals surface area contributed by atoms with Crippen molar-refractivity contribution in [1.29, 1.82) is 0 Å². The number of fused-ring (bicyclic) bond motifs is 3. The van der Waals surface area contributed by atoms with Crippen LogP contribution in [0, 0.1) is 13.8 Å². The number of hydrogen-bond acceptors (Lipinski definition) is 0. The molecule has 0 aromatic heterocycles. The lowest BCUT2D eigenvalue weighted by Crippen LogP contribution is -2.49. The van der Waals surface area contributed by atoms with Crippen molar-refractivity contribution in [3.63, 3.8) is 0 Å². The Morgan fingerprint density at radius 2 is 1.65 bits per heavy atom. The predicted octanol–water partition coefficient (Wildman–Crippen LogP) is 3.11. The highest BCUT2D eigenvalue weighted by atomic mass is 28.3. The van der Waals surface area contributed by atoms with Crippen LogP contribution in [0.1, 0.15) is 11.1 Å². The largest absolute Gasteiger partial charge is 0.113 e. The van der Waals surface area contributed by atoms with E-state index in [-0.39, 0.29) is 0 Å². The second kappa shape index (κ2) is 3.33. The number of aryl methyl sites for hydroxylation is 2. The smallest absolute Gasteiger partial charge is 0.0621 e. The summed E-state index contributed by atoms with van der Waals surface area (Å²) in [6.07, 6.45) is 0. The summed E-state index contributed by atoms with van der Waals surface area (Å²) in [6.45, 7) is 9.35. The molecule has 0 unspecified atom stereocenters. The molecule has 0 saturated heterocycles. The van der Waals surface area contributed by atoms with Crippen LogP contribution in [0.5, 0.6) is 0 Å². The molecule has 0 radical (unpaired) electrons. The van der Waals surface area contributed by atoms with Gasteiger partial charge in [0.25, 0.3) is 0 Å². The third-order valence-electron chi connectivity index (χ3n) is 4.06. The van der Waals surface area contributed by atoms with Crippen LogP contribution in [0.15, 0.2) is 36.4 Å². The standard InChI is InChI=1S/C16H18Si/c1-11-8-9-14-13(10-11)16-12(2)6-5-7-15(16)17(14,3)4/h5-10H,1-4H3. The Bertz CT molecular complexity index is 609. The molecule has 86 valence electrons. The summed E-state index contributed by atoms with van der Waals surface area (Å²) in [5.74, 6) is 0. The van der Waals surface area contributed by atoms with Crippen LogP contribution >= 0.6 is 0 Å². The Morgan fingerprint density at radius 3 is 2.41 bits per heavy atom. The summed E-state index contributed by atoms with van der Waals surface area (Å²) in [7, 11) is -1.44. The molecular weight excluding hydrogens is 220 g/mol. The second-order valence-electron chi connectivity index (χ2n) is 5.67. The Morgan fingerprint density at radius 1 is 0.882 bits per heavy atom. The molecule has 0 spiro atoms. The van der Waals surface area contributed by atoms with Crippen LogP contribution in [0.4, 0.5) is 0 Å². The third kappa shape index (κ3) is 1.35. The molecule has 0 bridgehead atoms. The molecule has 1 aliphatic rings. The van der Waals surface area contributed by atoms with Gasteiger partial charge in [-0.2, -0.15) is 0 Å². The zero-order chi connectivity index (χ0) is 12.2. The Labute approximate surface area is 104 Å². The topological polar surface area (TPSA) is 0 Å². The molecule has 17 heavy (non-hydrogen) atoms. The van der Waals surface area contributed by atoms with Gasteiger partial charge in [0.2, 0.25) is 0 Å². The molecule has 0 nitrogen and oxygen atoms in total. The van der Waals surface area contributed by atoms with Gasteiger partial charge in [0, 0.05) is 0 Å². The van der Waals surface area contributed by atoms with Gasteiger partial charge in [0.1, 0.15) is 8.07 Å². The highest BCUT2D eigenvalue weighted by Gasteiger charge is 2.37. The van der Waals surface area contributed by atoms with Gasteiger partial charge in [-0.3, -0.25) is 0 Å². The van der Waals surface area contributed by atoms with Crippen molar-refractivity contribution in [2.45, 2.75) is 26.9 Å². The van der Waals surface area contributed by atoms with Crippen LogP contribution in [0.2, 0.25) is 13.1 Å². The minimum absolute atomic E-state index is 1.37. The maximum Gasteiger partial charge on any atom is 0.113 e. The van der Waals surface area contributed by atoms with Crippen LogP contribution in [0.25, 0.3) is 11.1 Å². The van der Waals surface area contributed by atoms with Crippen molar-refractivity contribution in [3.8, 4) is 11.1 Å². The van der Waals surface area contributed by atoms with Crippen molar-refractivity contribution in [3.05, 3.63) is 47.5 Å². The first kappa shape index (κ1) is 10.8. The molecular formula is C16H18Si. The molecule has 0 N–H and O–H groups in total. The zero-order valence-electron chi connectivity index (χ0n) is 11.0.